The zero-order valence-corrected chi connectivity index (χ0v) is 12.0. The van der Waals surface area contributed by atoms with E-state index in [1.54, 1.807) is 6.26 Å². The summed E-state index contributed by atoms with van der Waals surface area (Å²) in [5.41, 5.74) is 1.81. The van der Waals surface area contributed by atoms with Crippen molar-refractivity contribution in [1.82, 2.24) is 0 Å². The summed E-state index contributed by atoms with van der Waals surface area (Å²) in [4.78, 5) is 1.97. The standard InChI is InChI=1S/C16H21NO2/c1-16(2,3)13-8-5-7-12(15(13)18)11-17(4)14-9-6-10-19-14/h5-10,18H,11H2,1-4H3. The number of nitrogens with zero attached hydrogens (tertiary/aromatic N) is 1. The van der Waals surface area contributed by atoms with E-state index < -0.39 is 0 Å². The van der Waals surface area contributed by atoms with Gasteiger partial charge in [0, 0.05) is 25.2 Å². The molecule has 0 amide bonds. The summed E-state index contributed by atoms with van der Waals surface area (Å²) in [6, 6.07) is 9.68. The zero-order chi connectivity index (χ0) is 14.0. The lowest BCUT2D eigenvalue weighted by atomic mass is 9.85. The fraction of sp³-hybridized carbons (Fsp3) is 0.375. The van der Waals surface area contributed by atoms with Gasteiger partial charge in [-0.2, -0.15) is 0 Å². The average Bonchev–Trinajstić information content (AvgIpc) is 2.83. The van der Waals surface area contributed by atoms with Crippen LogP contribution in [0.5, 0.6) is 5.75 Å². The molecule has 0 saturated carbocycles. The van der Waals surface area contributed by atoms with Gasteiger partial charge in [-0.3, -0.25) is 0 Å². The average molecular weight is 259 g/mol. The molecule has 0 aliphatic rings. The highest BCUT2D eigenvalue weighted by Crippen LogP contribution is 2.33. The van der Waals surface area contributed by atoms with Gasteiger partial charge in [0.25, 0.3) is 0 Å². The lowest BCUT2D eigenvalue weighted by molar-refractivity contribution is 0.439. The maximum atomic E-state index is 10.4. The Hall–Kier alpha value is -1.90. The van der Waals surface area contributed by atoms with Crippen LogP contribution in [0.15, 0.2) is 41.0 Å². The van der Waals surface area contributed by atoms with Crippen molar-refractivity contribution in [1.29, 1.82) is 0 Å². The molecule has 102 valence electrons. The quantitative estimate of drug-likeness (QED) is 0.907. The van der Waals surface area contributed by atoms with Crippen LogP contribution in [0.2, 0.25) is 0 Å². The highest BCUT2D eigenvalue weighted by Gasteiger charge is 2.20. The van der Waals surface area contributed by atoms with Gasteiger partial charge < -0.3 is 14.4 Å². The van der Waals surface area contributed by atoms with E-state index in [0.29, 0.717) is 12.3 Å². The first kappa shape index (κ1) is 13.5. The van der Waals surface area contributed by atoms with Crippen LogP contribution >= 0.6 is 0 Å². The summed E-state index contributed by atoms with van der Waals surface area (Å²) in [6.45, 7) is 6.91. The van der Waals surface area contributed by atoms with Crippen molar-refractivity contribution in [2.75, 3.05) is 11.9 Å². The number of rotatable bonds is 3. The Balaban J connectivity index is 2.27. The van der Waals surface area contributed by atoms with E-state index in [2.05, 4.69) is 20.8 Å². The Morgan fingerprint density at radius 3 is 2.47 bits per heavy atom. The molecule has 3 heteroatoms. The van der Waals surface area contributed by atoms with Crippen molar-refractivity contribution in [3.05, 3.63) is 47.7 Å². The van der Waals surface area contributed by atoms with Crippen LogP contribution < -0.4 is 4.90 Å². The molecule has 0 aliphatic carbocycles. The normalized spacial score (nSPS) is 11.6. The van der Waals surface area contributed by atoms with Crippen LogP contribution in [0, 0.1) is 0 Å². The van der Waals surface area contributed by atoms with E-state index in [-0.39, 0.29) is 5.41 Å². The van der Waals surface area contributed by atoms with Crippen LogP contribution in [-0.2, 0) is 12.0 Å². The van der Waals surface area contributed by atoms with Gasteiger partial charge in [-0.15, -0.1) is 0 Å². The fourth-order valence-electron chi connectivity index (χ4n) is 2.14. The van der Waals surface area contributed by atoms with Crippen LogP contribution in [0.25, 0.3) is 0 Å². The monoisotopic (exact) mass is 259 g/mol. The van der Waals surface area contributed by atoms with Crippen molar-refractivity contribution in [3.63, 3.8) is 0 Å². The number of hydrogen-bond acceptors (Lipinski definition) is 3. The number of anilines is 1. The first-order valence-electron chi connectivity index (χ1n) is 6.45. The molecule has 2 aromatic rings. The molecule has 1 aromatic heterocycles. The van der Waals surface area contributed by atoms with E-state index in [1.807, 2.05) is 42.3 Å². The Bertz CT molecular complexity index is 538. The molecule has 0 unspecified atom stereocenters. The second kappa shape index (κ2) is 5.00. The van der Waals surface area contributed by atoms with E-state index in [0.717, 1.165) is 17.0 Å². The van der Waals surface area contributed by atoms with Gasteiger partial charge in [0.15, 0.2) is 5.88 Å². The number of benzene rings is 1. The molecular weight excluding hydrogens is 238 g/mol. The van der Waals surface area contributed by atoms with Crippen molar-refractivity contribution in [3.8, 4) is 5.75 Å². The predicted octanol–water partition coefficient (Wildman–Crippen LogP) is 3.92. The smallest absolute Gasteiger partial charge is 0.195 e. The highest BCUT2D eigenvalue weighted by molar-refractivity contribution is 5.46. The molecule has 0 aliphatic heterocycles. The molecule has 0 atom stereocenters. The second-order valence-electron chi connectivity index (χ2n) is 5.87. The zero-order valence-electron chi connectivity index (χ0n) is 12.0. The van der Waals surface area contributed by atoms with Crippen LogP contribution in [0.3, 0.4) is 0 Å². The number of aromatic hydroxyl groups is 1. The van der Waals surface area contributed by atoms with Gasteiger partial charge in [-0.05, 0) is 17.0 Å². The lowest BCUT2D eigenvalue weighted by Gasteiger charge is -2.23. The molecule has 2 rings (SSSR count). The van der Waals surface area contributed by atoms with Crippen molar-refractivity contribution in [2.24, 2.45) is 0 Å². The molecule has 1 N–H and O–H groups in total. The van der Waals surface area contributed by atoms with Crippen molar-refractivity contribution < 1.29 is 9.52 Å². The maximum Gasteiger partial charge on any atom is 0.195 e. The topological polar surface area (TPSA) is 36.6 Å². The number of phenols is 1. The third kappa shape index (κ3) is 2.92. The minimum absolute atomic E-state index is 0.0661. The van der Waals surface area contributed by atoms with Gasteiger partial charge in [0.2, 0.25) is 0 Å². The van der Waals surface area contributed by atoms with Crippen LogP contribution in [0.1, 0.15) is 31.9 Å². The third-order valence-electron chi connectivity index (χ3n) is 3.22. The minimum Gasteiger partial charge on any atom is -0.507 e. The summed E-state index contributed by atoms with van der Waals surface area (Å²) in [5, 5.41) is 10.4. The summed E-state index contributed by atoms with van der Waals surface area (Å²) in [7, 11) is 1.95. The van der Waals surface area contributed by atoms with E-state index in [4.69, 9.17) is 4.42 Å². The molecule has 0 fully saturated rings. The molecule has 19 heavy (non-hydrogen) atoms. The first-order valence-corrected chi connectivity index (χ1v) is 6.45. The molecular formula is C16H21NO2. The largest absolute Gasteiger partial charge is 0.507 e. The Morgan fingerprint density at radius 1 is 1.16 bits per heavy atom. The Kier molecular flexibility index (Phi) is 3.56. The van der Waals surface area contributed by atoms with Gasteiger partial charge in [0.1, 0.15) is 5.75 Å². The van der Waals surface area contributed by atoms with E-state index in [1.165, 1.54) is 0 Å². The maximum absolute atomic E-state index is 10.4. The van der Waals surface area contributed by atoms with Gasteiger partial charge in [0.05, 0.1) is 6.26 Å². The fourth-order valence-corrected chi connectivity index (χ4v) is 2.14. The Morgan fingerprint density at radius 2 is 1.89 bits per heavy atom. The van der Waals surface area contributed by atoms with E-state index >= 15 is 0 Å². The van der Waals surface area contributed by atoms with Gasteiger partial charge in [-0.25, -0.2) is 0 Å². The molecule has 0 spiro atoms. The summed E-state index contributed by atoms with van der Waals surface area (Å²) < 4.78 is 5.35. The molecule has 1 heterocycles. The summed E-state index contributed by atoms with van der Waals surface area (Å²) in [6.07, 6.45) is 1.65. The third-order valence-corrected chi connectivity index (χ3v) is 3.22. The molecule has 0 radical (unpaired) electrons. The number of furan rings is 1. The predicted molar refractivity (Wildman–Crippen MR) is 77.6 cm³/mol. The van der Waals surface area contributed by atoms with Gasteiger partial charge in [-0.1, -0.05) is 39.0 Å². The number of hydrogen-bond donors (Lipinski definition) is 1. The summed E-state index contributed by atoms with van der Waals surface area (Å²) >= 11 is 0. The van der Waals surface area contributed by atoms with Crippen LogP contribution in [-0.4, -0.2) is 12.2 Å². The Labute approximate surface area is 114 Å². The minimum atomic E-state index is -0.0661. The number of para-hydroxylation sites is 1. The highest BCUT2D eigenvalue weighted by atomic mass is 16.3. The molecule has 1 aromatic carbocycles. The first-order chi connectivity index (χ1) is 8.89. The number of phenolic OH excluding ortho intramolecular Hbond substituents is 1. The molecule has 3 nitrogen and oxygen atoms in total. The molecule has 0 bridgehead atoms. The SMILES string of the molecule is CN(Cc1cccc(C(C)(C)C)c1O)c1ccco1. The second-order valence-corrected chi connectivity index (χ2v) is 5.87. The van der Waals surface area contributed by atoms with E-state index in [9.17, 15) is 5.11 Å². The summed E-state index contributed by atoms with van der Waals surface area (Å²) in [5.74, 6) is 1.17. The lowest BCUT2D eigenvalue weighted by Crippen LogP contribution is -2.17. The van der Waals surface area contributed by atoms with Crippen molar-refractivity contribution >= 4 is 5.88 Å². The van der Waals surface area contributed by atoms with Crippen LogP contribution in [0.4, 0.5) is 5.88 Å². The van der Waals surface area contributed by atoms with Crippen molar-refractivity contribution in [2.45, 2.75) is 32.7 Å². The molecule has 0 saturated heterocycles. The van der Waals surface area contributed by atoms with Gasteiger partial charge >= 0.3 is 0 Å².